The number of nitrogens with one attached hydrogen (secondary N) is 2. The van der Waals surface area contributed by atoms with Gasteiger partial charge in [-0.3, -0.25) is 9.59 Å². The number of hydrogen-bond donors (Lipinski definition) is 2. The molecular weight excluding hydrogens is 431 g/mol. The number of rotatable bonds is 9. The van der Waals surface area contributed by atoms with Crippen molar-refractivity contribution in [2.24, 2.45) is 7.05 Å². The van der Waals surface area contributed by atoms with E-state index >= 15 is 0 Å². The Bertz CT molecular complexity index is 1070. The molecule has 1 aromatic heterocycles. The number of aryl methyl sites for hydroxylation is 1. The van der Waals surface area contributed by atoms with Gasteiger partial charge in [0.15, 0.2) is 0 Å². The predicted octanol–water partition coefficient (Wildman–Crippen LogP) is 3.53. The molecule has 3 aromatic rings. The summed E-state index contributed by atoms with van der Waals surface area (Å²) in [5, 5.41) is 5.23. The third-order valence-electron chi connectivity index (χ3n) is 4.81. The zero-order valence-electron chi connectivity index (χ0n) is 18.0. The average molecular weight is 457 g/mol. The lowest BCUT2D eigenvalue weighted by Crippen LogP contribution is -2.36. The van der Waals surface area contributed by atoms with Gasteiger partial charge in [-0.1, -0.05) is 18.2 Å². The largest absolute Gasteiger partial charge is 0.496 e. The number of carbonyl (C=O) groups is 2. The number of imidazole rings is 1. The summed E-state index contributed by atoms with van der Waals surface area (Å²) in [6, 6.07) is 12.4. The van der Waals surface area contributed by atoms with Crippen LogP contribution in [0.5, 0.6) is 5.75 Å². The van der Waals surface area contributed by atoms with Gasteiger partial charge in [-0.2, -0.15) is 0 Å². The van der Waals surface area contributed by atoms with Crippen LogP contribution >= 0.6 is 11.8 Å². The number of methoxy groups -OCH3 is 1. The Kier molecular flexibility index (Phi) is 7.88. The number of carbonyl (C=O) groups excluding carboxylic acids is 2. The van der Waals surface area contributed by atoms with Crippen molar-refractivity contribution < 1.29 is 18.7 Å². The molecule has 7 nitrogen and oxygen atoms in total. The molecule has 0 saturated heterocycles. The van der Waals surface area contributed by atoms with Gasteiger partial charge in [0.1, 0.15) is 23.4 Å². The Morgan fingerprint density at radius 1 is 1.19 bits per heavy atom. The standard InChI is InChI=1S/C23H25FN4O3S/c1-15(32-14-20(29)26-17-10-8-16(24)9-11-17)23(30)27-21(22-25-12-13-28(22)2)18-6-4-5-7-19(18)31-3/h4-13,15,21H,14H2,1-3H3,(H,26,29)(H,27,30). The molecule has 0 aliphatic carbocycles. The van der Waals surface area contributed by atoms with Crippen LogP contribution in [0.1, 0.15) is 24.4 Å². The van der Waals surface area contributed by atoms with E-state index in [0.717, 1.165) is 5.56 Å². The van der Waals surface area contributed by atoms with Crippen molar-refractivity contribution in [3.63, 3.8) is 0 Å². The SMILES string of the molecule is COc1ccccc1C(NC(=O)C(C)SCC(=O)Nc1ccc(F)cc1)c1nccn1C. The molecule has 0 radical (unpaired) electrons. The number of para-hydroxylation sites is 1. The van der Waals surface area contributed by atoms with E-state index < -0.39 is 11.3 Å². The summed E-state index contributed by atoms with van der Waals surface area (Å²) in [5.41, 5.74) is 1.28. The summed E-state index contributed by atoms with van der Waals surface area (Å²) in [6.07, 6.45) is 3.48. The van der Waals surface area contributed by atoms with Gasteiger partial charge < -0.3 is 19.9 Å². The summed E-state index contributed by atoms with van der Waals surface area (Å²) < 4.78 is 20.3. The number of thioether (sulfide) groups is 1. The number of amides is 2. The van der Waals surface area contributed by atoms with Crippen molar-refractivity contribution in [3.8, 4) is 5.75 Å². The molecule has 9 heteroatoms. The first kappa shape index (κ1) is 23.3. The highest BCUT2D eigenvalue weighted by atomic mass is 32.2. The smallest absolute Gasteiger partial charge is 0.234 e. The topological polar surface area (TPSA) is 85.2 Å². The Hall–Kier alpha value is -3.33. The molecule has 3 rings (SSSR count). The van der Waals surface area contributed by atoms with E-state index in [0.29, 0.717) is 17.3 Å². The molecule has 0 spiro atoms. The van der Waals surface area contributed by atoms with Crippen LogP contribution in [0.25, 0.3) is 0 Å². The monoisotopic (exact) mass is 456 g/mol. The number of benzene rings is 2. The third-order valence-corrected chi connectivity index (χ3v) is 5.96. The molecule has 2 unspecified atom stereocenters. The van der Waals surface area contributed by atoms with Gasteiger partial charge in [0.25, 0.3) is 0 Å². The van der Waals surface area contributed by atoms with Crippen LogP contribution in [0.3, 0.4) is 0 Å². The van der Waals surface area contributed by atoms with E-state index in [1.165, 1.54) is 36.0 Å². The van der Waals surface area contributed by atoms with E-state index in [4.69, 9.17) is 4.74 Å². The van der Waals surface area contributed by atoms with Gasteiger partial charge in [-0.05, 0) is 37.3 Å². The third kappa shape index (κ3) is 5.88. The number of halogens is 1. The van der Waals surface area contributed by atoms with E-state index in [-0.39, 0.29) is 23.4 Å². The molecule has 0 fully saturated rings. The van der Waals surface area contributed by atoms with Crippen molar-refractivity contribution in [1.29, 1.82) is 0 Å². The van der Waals surface area contributed by atoms with E-state index in [2.05, 4.69) is 15.6 Å². The van der Waals surface area contributed by atoms with Gasteiger partial charge in [0.05, 0.1) is 18.1 Å². The van der Waals surface area contributed by atoms with Crippen LogP contribution in [-0.2, 0) is 16.6 Å². The summed E-state index contributed by atoms with van der Waals surface area (Å²) >= 11 is 1.21. The number of anilines is 1. The Labute approximate surface area is 190 Å². The van der Waals surface area contributed by atoms with Crippen molar-refractivity contribution in [1.82, 2.24) is 14.9 Å². The number of aromatic nitrogens is 2. The van der Waals surface area contributed by atoms with Crippen LogP contribution in [-0.4, -0.2) is 39.5 Å². The zero-order valence-corrected chi connectivity index (χ0v) is 18.9. The quantitative estimate of drug-likeness (QED) is 0.515. The normalized spacial score (nSPS) is 12.6. The molecule has 1 heterocycles. The second-order valence-electron chi connectivity index (χ2n) is 7.09. The molecule has 2 aromatic carbocycles. The fourth-order valence-electron chi connectivity index (χ4n) is 3.11. The molecule has 32 heavy (non-hydrogen) atoms. The van der Waals surface area contributed by atoms with E-state index in [1.807, 2.05) is 42.1 Å². The highest BCUT2D eigenvalue weighted by molar-refractivity contribution is 8.01. The van der Waals surface area contributed by atoms with Crippen molar-refractivity contribution in [2.75, 3.05) is 18.2 Å². The second-order valence-corrected chi connectivity index (χ2v) is 8.42. The Morgan fingerprint density at radius 3 is 2.56 bits per heavy atom. The molecule has 0 aliphatic heterocycles. The maximum Gasteiger partial charge on any atom is 0.234 e. The maximum absolute atomic E-state index is 13.0. The first-order chi connectivity index (χ1) is 15.4. The van der Waals surface area contributed by atoms with Crippen molar-refractivity contribution in [2.45, 2.75) is 18.2 Å². The highest BCUT2D eigenvalue weighted by Gasteiger charge is 2.26. The van der Waals surface area contributed by atoms with Crippen molar-refractivity contribution >= 4 is 29.3 Å². The fraction of sp³-hybridized carbons (Fsp3) is 0.261. The molecule has 2 atom stereocenters. The molecule has 0 bridgehead atoms. The van der Waals surface area contributed by atoms with E-state index in [9.17, 15) is 14.0 Å². The molecule has 2 amide bonds. The highest BCUT2D eigenvalue weighted by Crippen LogP contribution is 2.29. The average Bonchev–Trinajstić information content (AvgIpc) is 3.22. The Balaban J connectivity index is 1.66. The zero-order chi connectivity index (χ0) is 23.1. The van der Waals surface area contributed by atoms with Gasteiger partial charge in [-0.15, -0.1) is 11.8 Å². The first-order valence-corrected chi connectivity index (χ1v) is 11.0. The van der Waals surface area contributed by atoms with Gasteiger partial charge in [0, 0.05) is 30.7 Å². The second kappa shape index (κ2) is 10.8. The van der Waals surface area contributed by atoms with E-state index in [1.54, 1.807) is 20.2 Å². The molecule has 168 valence electrons. The number of nitrogens with zero attached hydrogens (tertiary/aromatic N) is 2. The maximum atomic E-state index is 13.0. The van der Waals surface area contributed by atoms with Gasteiger partial charge >= 0.3 is 0 Å². The molecule has 2 N–H and O–H groups in total. The number of hydrogen-bond acceptors (Lipinski definition) is 5. The summed E-state index contributed by atoms with van der Waals surface area (Å²) in [4.78, 5) is 29.6. The lowest BCUT2D eigenvalue weighted by Gasteiger charge is -2.23. The van der Waals surface area contributed by atoms with Crippen molar-refractivity contribution in [3.05, 3.63) is 78.1 Å². The minimum atomic E-state index is -0.519. The minimum Gasteiger partial charge on any atom is -0.496 e. The lowest BCUT2D eigenvalue weighted by molar-refractivity contribution is -0.120. The lowest BCUT2D eigenvalue weighted by atomic mass is 10.0. The minimum absolute atomic E-state index is 0.0771. The molecule has 0 aliphatic rings. The summed E-state index contributed by atoms with van der Waals surface area (Å²) in [6.45, 7) is 1.74. The van der Waals surface area contributed by atoms with Crippen LogP contribution in [0, 0.1) is 5.82 Å². The van der Waals surface area contributed by atoms with Gasteiger partial charge in [-0.25, -0.2) is 9.37 Å². The van der Waals surface area contributed by atoms with Crippen LogP contribution in [0.15, 0.2) is 60.9 Å². The Morgan fingerprint density at radius 2 is 1.91 bits per heavy atom. The van der Waals surface area contributed by atoms with Crippen LogP contribution in [0.2, 0.25) is 0 Å². The molecular formula is C23H25FN4O3S. The molecule has 0 saturated carbocycles. The van der Waals surface area contributed by atoms with Gasteiger partial charge in [0.2, 0.25) is 11.8 Å². The number of ether oxygens (including phenoxy) is 1. The van der Waals surface area contributed by atoms with Crippen LogP contribution < -0.4 is 15.4 Å². The van der Waals surface area contributed by atoms with Crippen LogP contribution in [0.4, 0.5) is 10.1 Å². The predicted molar refractivity (Wildman–Crippen MR) is 123 cm³/mol. The first-order valence-electron chi connectivity index (χ1n) is 9.96. The summed E-state index contributed by atoms with van der Waals surface area (Å²) in [7, 11) is 3.43. The fourth-order valence-corrected chi connectivity index (χ4v) is 3.80. The summed E-state index contributed by atoms with van der Waals surface area (Å²) in [5.74, 6) is 0.497.